The van der Waals surface area contributed by atoms with Crippen molar-refractivity contribution in [1.82, 2.24) is 15.1 Å². The Hall–Kier alpha value is -4.69. The fraction of sp³-hybridized carbons (Fsp3) is 0.485. The van der Waals surface area contributed by atoms with Crippen LogP contribution in [-0.2, 0) is 42.4 Å². The Labute approximate surface area is 274 Å². The zero-order chi connectivity index (χ0) is 35.8. The van der Waals surface area contributed by atoms with E-state index in [-0.39, 0.29) is 24.3 Å². The molecule has 0 saturated carbocycles. The zero-order valence-electron chi connectivity index (χ0n) is 27.4. The molecule has 1 spiro atoms. The summed E-state index contributed by atoms with van der Waals surface area (Å²) in [6.07, 6.45) is -6.53. The highest BCUT2D eigenvalue weighted by atomic mass is 19.4. The van der Waals surface area contributed by atoms with E-state index in [9.17, 15) is 41.5 Å². The van der Waals surface area contributed by atoms with Crippen molar-refractivity contribution < 1.29 is 51.0 Å². The van der Waals surface area contributed by atoms with E-state index >= 15 is 0 Å². The predicted molar refractivity (Wildman–Crippen MR) is 164 cm³/mol. The summed E-state index contributed by atoms with van der Waals surface area (Å²) >= 11 is 0. The first kappa shape index (κ1) is 36.2. The van der Waals surface area contributed by atoms with Crippen LogP contribution in [0, 0.1) is 11.7 Å². The molecule has 4 rings (SSSR count). The Morgan fingerprint density at radius 1 is 1.04 bits per heavy atom. The summed E-state index contributed by atoms with van der Waals surface area (Å²) in [5, 5.41) is 5.30. The quantitative estimate of drug-likeness (QED) is 0.339. The Balaban J connectivity index is 1.50. The first-order valence-electron chi connectivity index (χ1n) is 15.3. The van der Waals surface area contributed by atoms with Crippen LogP contribution in [0.2, 0.25) is 0 Å². The largest absolute Gasteiger partial charge is 0.444 e. The van der Waals surface area contributed by atoms with E-state index < -0.39 is 78.3 Å². The van der Waals surface area contributed by atoms with Crippen molar-refractivity contribution in [2.24, 2.45) is 5.92 Å². The number of amides is 5. The minimum Gasteiger partial charge on any atom is -0.444 e. The van der Waals surface area contributed by atoms with Crippen LogP contribution in [0.3, 0.4) is 0 Å². The maximum atomic E-state index is 13.7. The van der Waals surface area contributed by atoms with E-state index in [2.05, 4.69) is 10.6 Å². The van der Waals surface area contributed by atoms with Crippen molar-refractivity contribution in [2.45, 2.75) is 90.4 Å². The topological polar surface area (TPSA) is 134 Å². The average molecular weight is 679 g/mol. The molecular formula is C33H38F4N4O7. The molecular weight excluding hydrogens is 640 g/mol. The third kappa shape index (κ3) is 7.88. The lowest BCUT2D eigenvalue weighted by Gasteiger charge is -2.31. The SMILES string of the molecule is CC(C)[C@H](NC(=O)OC(C)(C)C)C(=O)Nc1ccc2c(c1)CCC21OC(=O)N(CC(=O)N(Cc2ccc(F)cc2)[C@@H](C)C(F)(F)F)C1=O. The highest BCUT2D eigenvalue weighted by Gasteiger charge is 2.58. The number of anilines is 1. The maximum Gasteiger partial charge on any atom is 0.418 e. The van der Waals surface area contributed by atoms with Gasteiger partial charge in [-0.25, -0.2) is 18.9 Å². The number of carbonyl (C=O) groups is 5. The molecule has 2 aromatic rings. The molecule has 1 fully saturated rings. The zero-order valence-corrected chi connectivity index (χ0v) is 27.4. The number of imide groups is 1. The van der Waals surface area contributed by atoms with Gasteiger partial charge in [-0.3, -0.25) is 14.4 Å². The third-order valence-electron chi connectivity index (χ3n) is 8.07. The average Bonchev–Trinajstić information content (AvgIpc) is 3.45. The van der Waals surface area contributed by atoms with Crippen LogP contribution in [-0.4, -0.2) is 70.1 Å². The van der Waals surface area contributed by atoms with E-state index in [1.807, 2.05) is 0 Å². The number of alkyl halides is 3. The molecule has 11 nitrogen and oxygen atoms in total. The molecule has 2 aromatic carbocycles. The van der Waals surface area contributed by atoms with Gasteiger partial charge in [-0.05, 0) is 75.4 Å². The Morgan fingerprint density at radius 3 is 2.27 bits per heavy atom. The fourth-order valence-corrected chi connectivity index (χ4v) is 5.55. The van der Waals surface area contributed by atoms with Crippen LogP contribution in [0.25, 0.3) is 0 Å². The molecule has 0 aromatic heterocycles. The standard InChI is InChI=1S/C33H38F4N4O7/c1-18(2)26(39-29(45)47-31(4,5)6)27(43)38-23-11-12-24-21(15-23)13-14-32(24)28(44)41(30(46)48-32)17-25(42)40(19(3)33(35,36)37)16-20-7-9-22(34)10-8-20/h7-12,15,18-19,26H,13-14,16-17H2,1-6H3,(H,38,43)(H,39,45)/t19-,26-,32?/m0/s1. The number of alkyl carbamates (subject to hydrolysis) is 1. The van der Waals surface area contributed by atoms with Crippen LogP contribution in [0.15, 0.2) is 42.5 Å². The van der Waals surface area contributed by atoms with E-state index in [0.717, 1.165) is 19.1 Å². The van der Waals surface area contributed by atoms with Crippen LogP contribution in [0.4, 0.5) is 32.8 Å². The highest BCUT2D eigenvalue weighted by Crippen LogP contribution is 2.46. The number of nitrogens with one attached hydrogen (secondary N) is 2. The maximum absolute atomic E-state index is 13.7. The molecule has 1 unspecified atom stereocenters. The van der Waals surface area contributed by atoms with E-state index in [1.54, 1.807) is 40.7 Å². The smallest absolute Gasteiger partial charge is 0.418 e. The summed E-state index contributed by atoms with van der Waals surface area (Å²) in [6, 6.07) is 5.89. The summed E-state index contributed by atoms with van der Waals surface area (Å²) in [5.74, 6) is -3.50. The minimum absolute atomic E-state index is 0.00205. The molecule has 5 amide bonds. The molecule has 1 aliphatic heterocycles. The number of ether oxygens (including phenoxy) is 2. The van der Waals surface area contributed by atoms with Gasteiger partial charge in [0, 0.05) is 24.2 Å². The van der Waals surface area contributed by atoms with Crippen molar-refractivity contribution in [3.8, 4) is 0 Å². The number of hydrogen-bond acceptors (Lipinski definition) is 7. The summed E-state index contributed by atoms with van der Waals surface area (Å²) in [6.45, 7) is 7.78. The van der Waals surface area contributed by atoms with Gasteiger partial charge in [-0.2, -0.15) is 13.2 Å². The van der Waals surface area contributed by atoms with E-state index in [1.165, 1.54) is 24.3 Å². The molecule has 48 heavy (non-hydrogen) atoms. The number of benzene rings is 2. The van der Waals surface area contributed by atoms with Crippen LogP contribution >= 0.6 is 0 Å². The molecule has 1 aliphatic carbocycles. The molecule has 260 valence electrons. The third-order valence-corrected chi connectivity index (χ3v) is 8.07. The lowest BCUT2D eigenvalue weighted by Crippen LogP contribution is -2.51. The van der Waals surface area contributed by atoms with Crippen molar-refractivity contribution in [3.63, 3.8) is 0 Å². The molecule has 2 N–H and O–H groups in total. The van der Waals surface area contributed by atoms with Crippen molar-refractivity contribution >= 4 is 35.6 Å². The van der Waals surface area contributed by atoms with Gasteiger partial charge in [0.15, 0.2) is 0 Å². The van der Waals surface area contributed by atoms with Gasteiger partial charge in [0.05, 0.1) is 0 Å². The van der Waals surface area contributed by atoms with Crippen LogP contribution < -0.4 is 10.6 Å². The van der Waals surface area contributed by atoms with Gasteiger partial charge in [-0.15, -0.1) is 0 Å². The number of fused-ring (bicyclic) bond motifs is 2. The van der Waals surface area contributed by atoms with Gasteiger partial charge >= 0.3 is 18.4 Å². The summed E-state index contributed by atoms with van der Waals surface area (Å²) in [4.78, 5) is 66.3. The molecule has 1 saturated heterocycles. The lowest BCUT2D eigenvalue weighted by molar-refractivity contribution is -0.187. The number of carbonyl (C=O) groups excluding carboxylic acids is 5. The first-order valence-corrected chi connectivity index (χ1v) is 15.3. The van der Waals surface area contributed by atoms with Gasteiger partial charge in [0.2, 0.25) is 17.4 Å². The minimum atomic E-state index is -4.83. The van der Waals surface area contributed by atoms with Crippen molar-refractivity contribution in [2.75, 3.05) is 11.9 Å². The number of aryl methyl sites for hydroxylation is 1. The van der Waals surface area contributed by atoms with Gasteiger partial charge < -0.3 is 25.0 Å². The highest BCUT2D eigenvalue weighted by molar-refractivity contribution is 6.06. The van der Waals surface area contributed by atoms with Gasteiger partial charge in [0.25, 0.3) is 5.91 Å². The normalized spacial score (nSPS) is 18.8. The second-order valence-corrected chi connectivity index (χ2v) is 13.2. The Bertz CT molecular complexity index is 1590. The predicted octanol–water partition coefficient (Wildman–Crippen LogP) is 5.41. The first-order chi connectivity index (χ1) is 22.2. The summed E-state index contributed by atoms with van der Waals surface area (Å²) in [5.41, 5.74) is -1.15. The molecule has 15 heteroatoms. The number of nitrogens with zero attached hydrogens (tertiary/aromatic N) is 2. The second kappa shape index (κ2) is 13.4. The van der Waals surface area contributed by atoms with Crippen LogP contribution in [0.1, 0.15) is 64.7 Å². The molecule has 2 aliphatic rings. The van der Waals surface area contributed by atoms with E-state index in [4.69, 9.17) is 9.47 Å². The molecule has 0 bridgehead atoms. The van der Waals surface area contributed by atoms with Crippen molar-refractivity contribution in [1.29, 1.82) is 0 Å². The Morgan fingerprint density at radius 2 is 1.69 bits per heavy atom. The van der Waals surface area contributed by atoms with Crippen LogP contribution in [0.5, 0.6) is 0 Å². The molecule has 1 heterocycles. The van der Waals surface area contributed by atoms with E-state index in [0.29, 0.717) is 26.6 Å². The number of rotatable bonds is 9. The number of hydrogen-bond donors (Lipinski definition) is 2. The molecule has 3 atom stereocenters. The van der Waals surface area contributed by atoms with Crippen molar-refractivity contribution in [3.05, 3.63) is 65.0 Å². The summed E-state index contributed by atoms with van der Waals surface area (Å²) < 4.78 is 65.4. The second-order valence-electron chi connectivity index (χ2n) is 13.2. The number of halogens is 4. The lowest BCUT2D eigenvalue weighted by atomic mass is 9.94. The monoisotopic (exact) mass is 678 g/mol. The molecule has 0 radical (unpaired) electrons. The Kier molecular flexibility index (Phi) is 10.1. The summed E-state index contributed by atoms with van der Waals surface area (Å²) in [7, 11) is 0. The van der Waals surface area contributed by atoms with Gasteiger partial charge in [0.1, 0.15) is 30.0 Å². The fourth-order valence-electron chi connectivity index (χ4n) is 5.55. The van der Waals surface area contributed by atoms with Gasteiger partial charge in [-0.1, -0.05) is 32.0 Å².